The highest BCUT2D eigenvalue weighted by molar-refractivity contribution is 7.13. The van der Waals surface area contributed by atoms with Crippen molar-refractivity contribution >= 4 is 17.2 Å². The summed E-state index contributed by atoms with van der Waals surface area (Å²) in [5.41, 5.74) is 1.36. The number of carbonyl (C=O) groups is 1. The molecule has 0 saturated heterocycles. The molecule has 0 bridgehead atoms. The van der Waals surface area contributed by atoms with E-state index < -0.39 is 0 Å². The van der Waals surface area contributed by atoms with Gasteiger partial charge in [-0.15, -0.1) is 11.3 Å². The largest absolute Gasteiger partial charge is 0.493 e. The molecule has 0 saturated carbocycles. The van der Waals surface area contributed by atoms with Crippen molar-refractivity contribution < 1.29 is 14.3 Å². The van der Waals surface area contributed by atoms with Crippen LogP contribution in [0.3, 0.4) is 0 Å². The maximum atomic E-state index is 12.1. The quantitative estimate of drug-likeness (QED) is 0.747. The van der Waals surface area contributed by atoms with E-state index in [4.69, 9.17) is 9.47 Å². The van der Waals surface area contributed by atoms with Crippen molar-refractivity contribution in [3.8, 4) is 22.1 Å². The van der Waals surface area contributed by atoms with Crippen molar-refractivity contribution in [2.75, 3.05) is 20.8 Å². The molecule has 0 unspecified atom stereocenters. The molecule has 5 nitrogen and oxygen atoms in total. The van der Waals surface area contributed by atoms with E-state index >= 15 is 0 Å². The second-order valence-electron chi connectivity index (χ2n) is 5.07. The zero-order chi connectivity index (χ0) is 16.7. The number of hydrogen-bond acceptors (Lipinski definition) is 5. The molecule has 0 spiro atoms. The van der Waals surface area contributed by atoms with Gasteiger partial charge in [-0.1, -0.05) is 19.8 Å². The van der Waals surface area contributed by atoms with Crippen molar-refractivity contribution in [2.24, 2.45) is 0 Å². The lowest BCUT2D eigenvalue weighted by Gasteiger charge is -2.08. The van der Waals surface area contributed by atoms with E-state index in [1.807, 2.05) is 18.2 Å². The van der Waals surface area contributed by atoms with Crippen molar-refractivity contribution in [1.82, 2.24) is 10.3 Å². The van der Waals surface area contributed by atoms with Crippen LogP contribution in [-0.4, -0.2) is 31.7 Å². The van der Waals surface area contributed by atoms with Gasteiger partial charge in [0.1, 0.15) is 10.7 Å². The van der Waals surface area contributed by atoms with E-state index in [9.17, 15) is 4.79 Å². The van der Waals surface area contributed by atoms with Gasteiger partial charge in [0, 0.05) is 17.5 Å². The Morgan fingerprint density at radius 3 is 2.70 bits per heavy atom. The molecule has 1 heterocycles. The first-order chi connectivity index (χ1) is 11.2. The minimum Gasteiger partial charge on any atom is -0.493 e. The monoisotopic (exact) mass is 334 g/mol. The summed E-state index contributed by atoms with van der Waals surface area (Å²) in [6.45, 7) is 2.83. The molecule has 6 heteroatoms. The first-order valence-electron chi connectivity index (χ1n) is 7.65. The van der Waals surface area contributed by atoms with Crippen LogP contribution in [0.1, 0.15) is 36.7 Å². The van der Waals surface area contributed by atoms with Gasteiger partial charge >= 0.3 is 0 Å². The number of carbonyl (C=O) groups excluding carboxylic acids is 1. The molecule has 0 aliphatic heterocycles. The highest BCUT2D eigenvalue weighted by Crippen LogP contribution is 2.33. The van der Waals surface area contributed by atoms with Gasteiger partial charge in [0.05, 0.1) is 14.2 Å². The van der Waals surface area contributed by atoms with Gasteiger partial charge in [-0.3, -0.25) is 4.79 Å². The fraction of sp³-hybridized carbons (Fsp3) is 0.412. The number of benzene rings is 1. The average Bonchev–Trinajstić information content (AvgIpc) is 3.08. The molecule has 0 radical (unpaired) electrons. The van der Waals surface area contributed by atoms with Gasteiger partial charge in [-0.25, -0.2) is 4.98 Å². The number of nitrogens with one attached hydrogen (secondary N) is 1. The first kappa shape index (κ1) is 17.3. The lowest BCUT2D eigenvalue weighted by molar-refractivity contribution is 0.0949. The number of rotatable bonds is 8. The molecule has 1 aromatic heterocycles. The minimum atomic E-state index is -0.121. The number of methoxy groups -OCH3 is 2. The number of amides is 1. The number of thiazole rings is 1. The van der Waals surface area contributed by atoms with Crippen LogP contribution in [0.5, 0.6) is 11.5 Å². The van der Waals surface area contributed by atoms with E-state index in [1.54, 1.807) is 19.6 Å². The van der Waals surface area contributed by atoms with Gasteiger partial charge in [0.25, 0.3) is 5.91 Å². The predicted octanol–water partition coefficient (Wildman–Crippen LogP) is 3.75. The van der Waals surface area contributed by atoms with Crippen LogP contribution in [0.2, 0.25) is 0 Å². The normalized spacial score (nSPS) is 10.4. The summed E-state index contributed by atoms with van der Waals surface area (Å²) < 4.78 is 10.5. The second kappa shape index (κ2) is 8.53. The number of unbranched alkanes of at least 4 members (excludes halogenated alkanes) is 2. The molecule has 2 rings (SSSR count). The summed E-state index contributed by atoms with van der Waals surface area (Å²) >= 11 is 1.44. The maximum Gasteiger partial charge on any atom is 0.270 e. The van der Waals surface area contributed by atoms with Crippen molar-refractivity contribution in [3.63, 3.8) is 0 Å². The Balaban J connectivity index is 2.08. The van der Waals surface area contributed by atoms with Gasteiger partial charge in [0.15, 0.2) is 11.5 Å². The summed E-state index contributed by atoms with van der Waals surface area (Å²) in [5, 5.41) is 5.46. The Bertz CT molecular complexity index is 655. The van der Waals surface area contributed by atoms with Crippen molar-refractivity contribution in [2.45, 2.75) is 26.2 Å². The smallest absolute Gasteiger partial charge is 0.270 e. The fourth-order valence-electron chi connectivity index (χ4n) is 2.15. The van der Waals surface area contributed by atoms with Crippen LogP contribution in [0, 0.1) is 0 Å². The van der Waals surface area contributed by atoms with E-state index in [0.717, 1.165) is 29.8 Å². The summed E-state index contributed by atoms with van der Waals surface area (Å²) in [5.74, 6) is 1.19. The van der Waals surface area contributed by atoms with Gasteiger partial charge in [-0.05, 0) is 24.6 Å². The Morgan fingerprint density at radius 1 is 1.22 bits per heavy atom. The molecule has 1 amide bonds. The molecular weight excluding hydrogens is 312 g/mol. The third-order valence-electron chi connectivity index (χ3n) is 3.43. The number of aromatic nitrogens is 1. The van der Waals surface area contributed by atoms with E-state index in [-0.39, 0.29) is 5.91 Å². The summed E-state index contributed by atoms with van der Waals surface area (Å²) in [6.07, 6.45) is 3.25. The molecule has 2 aromatic rings. The van der Waals surface area contributed by atoms with E-state index in [1.165, 1.54) is 11.3 Å². The predicted molar refractivity (Wildman–Crippen MR) is 92.5 cm³/mol. The topological polar surface area (TPSA) is 60.5 Å². The number of ether oxygens (including phenoxy) is 2. The molecule has 23 heavy (non-hydrogen) atoms. The zero-order valence-electron chi connectivity index (χ0n) is 13.7. The number of hydrogen-bond donors (Lipinski definition) is 1. The van der Waals surface area contributed by atoms with Crippen molar-refractivity contribution in [3.05, 3.63) is 29.3 Å². The van der Waals surface area contributed by atoms with Crippen LogP contribution in [-0.2, 0) is 0 Å². The molecule has 124 valence electrons. The molecule has 1 N–H and O–H groups in total. The van der Waals surface area contributed by atoms with E-state index in [0.29, 0.717) is 23.7 Å². The van der Waals surface area contributed by atoms with Gasteiger partial charge in [0.2, 0.25) is 0 Å². The first-order valence-corrected chi connectivity index (χ1v) is 8.53. The van der Waals surface area contributed by atoms with Crippen molar-refractivity contribution in [1.29, 1.82) is 0 Å². The van der Waals surface area contributed by atoms with Crippen LogP contribution >= 0.6 is 11.3 Å². The van der Waals surface area contributed by atoms with Gasteiger partial charge in [-0.2, -0.15) is 0 Å². The Hall–Kier alpha value is -2.08. The third kappa shape index (κ3) is 4.45. The highest BCUT2D eigenvalue weighted by Gasteiger charge is 2.13. The van der Waals surface area contributed by atoms with Crippen LogP contribution in [0.25, 0.3) is 10.6 Å². The Kier molecular flexibility index (Phi) is 6.40. The second-order valence-corrected chi connectivity index (χ2v) is 5.93. The SMILES string of the molecule is CCCCCNC(=O)c1csc(-c2ccc(OC)c(OC)c2)n1. The lowest BCUT2D eigenvalue weighted by atomic mass is 10.2. The van der Waals surface area contributed by atoms with Crippen LogP contribution in [0.15, 0.2) is 23.6 Å². The van der Waals surface area contributed by atoms with Crippen LogP contribution < -0.4 is 14.8 Å². The fourth-order valence-corrected chi connectivity index (χ4v) is 2.94. The zero-order valence-corrected chi connectivity index (χ0v) is 14.5. The highest BCUT2D eigenvalue weighted by atomic mass is 32.1. The molecule has 0 atom stereocenters. The molecule has 0 aliphatic carbocycles. The Morgan fingerprint density at radius 2 is 2.00 bits per heavy atom. The third-order valence-corrected chi connectivity index (χ3v) is 4.32. The summed E-state index contributed by atoms with van der Waals surface area (Å²) in [7, 11) is 3.20. The summed E-state index contributed by atoms with van der Waals surface area (Å²) in [6, 6.07) is 5.60. The molecule has 0 fully saturated rings. The lowest BCUT2D eigenvalue weighted by Crippen LogP contribution is -2.24. The molecule has 0 aliphatic rings. The van der Waals surface area contributed by atoms with E-state index in [2.05, 4.69) is 17.2 Å². The average molecular weight is 334 g/mol. The standard InChI is InChI=1S/C17H22N2O3S/c1-4-5-6-9-18-16(20)13-11-23-17(19-13)12-7-8-14(21-2)15(10-12)22-3/h7-8,10-11H,4-6,9H2,1-3H3,(H,18,20). The Labute approximate surface area is 140 Å². The minimum absolute atomic E-state index is 0.121. The van der Waals surface area contributed by atoms with Gasteiger partial charge < -0.3 is 14.8 Å². The molecule has 1 aromatic carbocycles. The maximum absolute atomic E-state index is 12.1. The molecular formula is C17H22N2O3S. The summed E-state index contributed by atoms with van der Waals surface area (Å²) in [4.78, 5) is 16.5. The number of nitrogens with zero attached hydrogens (tertiary/aromatic N) is 1. The van der Waals surface area contributed by atoms with Crippen LogP contribution in [0.4, 0.5) is 0 Å².